The maximum absolute atomic E-state index is 13.5. The van der Waals surface area contributed by atoms with E-state index >= 15 is 0 Å². The lowest BCUT2D eigenvalue weighted by Gasteiger charge is -2.18. The van der Waals surface area contributed by atoms with Gasteiger partial charge in [0.25, 0.3) is 0 Å². The van der Waals surface area contributed by atoms with Crippen LogP contribution in [-0.4, -0.2) is 11.7 Å². The van der Waals surface area contributed by atoms with Crippen molar-refractivity contribution in [2.45, 2.75) is 45.6 Å². The van der Waals surface area contributed by atoms with E-state index in [2.05, 4.69) is 26.1 Å². The number of hydrogen-bond donors (Lipinski definition) is 1. The summed E-state index contributed by atoms with van der Waals surface area (Å²) >= 11 is 0. The molecular weight excluding hydrogens is 317 g/mol. The van der Waals surface area contributed by atoms with Crippen molar-refractivity contribution in [1.29, 1.82) is 0 Å². The highest BCUT2D eigenvalue weighted by atomic mass is 19.1. The molecule has 0 saturated heterocycles. The van der Waals surface area contributed by atoms with Gasteiger partial charge in [-0.05, 0) is 17.0 Å². The third-order valence-corrected chi connectivity index (χ3v) is 4.09. The molecule has 0 heterocycles. The fourth-order valence-electron chi connectivity index (χ4n) is 2.45. The molecule has 1 amide bonds. The van der Waals surface area contributed by atoms with Crippen molar-refractivity contribution in [3.05, 3.63) is 71.0 Å². The summed E-state index contributed by atoms with van der Waals surface area (Å²) in [6.07, 6.45) is 0.228. The Balaban J connectivity index is 1.83. The standard InChI is InChI=1S/C21H24FNO2/c1-21(2,3)17-10-8-15(9-11-17)19(24)12-13-20(25)23-14-16-6-4-5-7-18(16)22/h4-11H,12-14H2,1-3H3,(H,23,25). The van der Waals surface area contributed by atoms with Gasteiger partial charge in [0.15, 0.2) is 5.78 Å². The van der Waals surface area contributed by atoms with Gasteiger partial charge in [-0.1, -0.05) is 63.2 Å². The van der Waals surface area contributed by atoms with Crippen molar-refractivity contribution >= 4 is 11.7 Å². The minimum Gasteiger partial charge on any atom is -0.352 e. The Kier molecular flexibility index (Phi) is 6.07. The second kappa shape index (κ2) is 8.06. The lowest BCUT2D eigenvalue weighted by Crippen LogP contribution is -2.23. The minimum absolute atomic E-state index is 0.0359. The Morgan fingerprint density at radius 1 is 0.960 bits per heavy atom. The Hall–Kier alpha value is -2.49. The summed E-state index contributed by atoms with van der Waals surface area (Å²) in [5.41, 5.74) is 2.23. The van der Waals surface area contributed by atoms with Crippen LogP contribution in [0.3, 0.4) is 0 Å². The summed E-state index contributed by atoms with van der Waals surface area (Å²) in [4.78, 5) is 24.1. The zero-order valence-corrected chi connectivity index (χ0v) is 14.9. The molecule has 2 rings (SSSR count). The van der Waals surface area contributed by atoms with Crippen molar-refractivity contribution in [2.24, 2.45) is 0 Å². The van der Waals surface area contributed by atoms with Gasteiger partial charge in [0.05, 0.1) is 0 Å². The summed E-state index contributed by atoms with van der Waals surface area (Å²) < 4.78 is 13.5. The van der Waals surface area contributed by atoms with E-state index in [0.717, 1.165) is 5.56 Å². The van der Waals surface area contributed by atoms with Crippen molar-refractivity contribution in [3.8, 4) is 0 Å². The van der Waals surface area contributed by atoms with Crippen molar-refractivity contribution in [1.82, 2.24) is 5.32 Å². The second-order valence-corrected chi connectivity index (χ2v) is 7.12. The van der Waals surface area contributed by atoms with Crippen molar-refractivity contribution < 1.29 is 14.0 Å². The molecular formula is C21H24FNO2. The van der Waals surface area contributed by atoms with Crippen molar-refractivity contribution in [3.63, 3.8) is 0 Å². The summed E-state index contributed by atoms with van der Waals surface area (Å²) in [5.74, 6) is -0.678. The number of ketones is 1. The predicted molar refractivity (Wildman–Crippen MR) is 97.0 cm³/mol. The molecule has 0 atom stereocenters. The number of benzene rings is 2. The SMILES string of the molecule is CC(C)(C)c1ccc(C(=O)CCC(=O)NCc2ccccc2F)cc1. The van der Waals surface area contributed by atoms with Crippen LogP contribution in [0.2, 0.25) is 0 Å². The number of rotatable bonds is 6. The van der Waals surface area contributed by atoms with Gasteiger partial charge in [-0.15, -0.1) is 0 Å². The fraction of sp³-hybridized carbons (Fsp3) is 0.333. The Labute approximate surface area is 148 Å². The number of nitrogens with one attached hydrogen (secondary N) is 1. The smallest absolute Gasteiger partial charge is 0.220 e. The molecule has 0 bridgehead atoms. The van der Waals surface area contributed by atoms with E-state index in [9.17, 15) is 14.0 Å². The van der Waals surface area contributed by atoms with E-state index < -0.39 is 0 Å². The van der Waals surface area contributed by atoms with Gasteiger partial charge in [-0.2, -0.15) is 0 Å². The second-order valence-electron chi connectivity index (χ2n) is 7.12. The molecule has 25 heavy (non-hydrogen) atoms. The summed E-state index contributed by atoms with van der Waals surface area (Å²) in [6.45, 7) is 6.47. The van der Waals surface area contributed by atoms with Gasteiger partial charge < -0.3 is 5.32 Å². The molecule has 0 spiro atoms. The maximum Gasteiger partial charge on any atom is 0.220 e. The minimum atomic E-state index is -0.349. The van der Waals surface area contributed by atoms with Crippen LogP contribution < -0.4 is 5.32 Å². The molecule has 2 aromatic carbocycles. The van der Waals surface area contributed by atoms with Gasteiger partial charge in [0.2, 0.25) is 5.91 Å². The molecule has 4 heteroatoms. The maximum atomic E-state index is 13.5. The number of carbonyl (C=O) groups is 2. The highest BCUT2D eigenvalue weighted by Crippen LogP contribution is 2.22. The first-order valence-corrected chi connectivity index (χ1v) is 8.41. The van der Waals surface area contributed by atoms with E-state index in [1.54, 1.807) is 30.3 Å². The zero-order chi connectivity index (χ0) is 18.4. The van der Waals surface area contributed by atoms with Gasteiger partial charge in [-0.25, -0.2) is 4.39 Å². The number of halogens is 1. The first-order chi connectivity index (χ1) is 11.8. The van der Waals surface area contributed by atoms with E-state index in [1.165, 1.54) is 6.07 Å². The molecule has 0 aliphatic rings. The first-order valence-electron chi connectivity index (χ1n) is 8.41. The molecule has 0 unspecified atom stereocenters. The third kappa shape index (κ3) is 5.52. The van der Waals surface area contributed by atoms with Gasteiger partial charge in [-0.3, -0.25) is 9.59 Å². The molecule has 1 N–H and O–H groups in total. The van der Waals surface area contributed by atoms with Crippen LogP contribution in [0, 0.1) is 5.82 Å². The molecule has 2 aromatic rings. The number of carbonyl (C=O) groups excluding carboxylic acids is 2. The largest absolute Gasteiger partial charge is 0.352 e. The molecule has 3 nitrogen and oxygen atoms in total. The molecule has 0 radical (unpaired) electrons. The van der Waals surface area contributed by atoms with Crippen LogP contribution in [0.1, 0.15) is 55.1 Å². The van der Waals surface area contributed by atoms with Crippen LogP contribution >= 0.6 is 0 Å². The van der Waals surface area contributed by atoms with Crippen LogP contribution in [0.15, 0.2) is 48.5 Å². The Morgan fingerprint density at radius 3 is 2.20 bits per heavy atom. The van der Waals surface area contributed by atoms with Crippen LogP contribution in [-0.2, 0) is 16.8 Å². The number of hydrogen-bond acceptors (Lipinski definition) is 2. The van der Waals surface area contributed by atoms with E-state index in [4.69, 9.17) is 0 Å². The number of Topliss-reactive ketones (excluding diaryl/α,β-unsaturated/α-hetero) is 1. The lowest BCUT2D eigenvalue weighted by atomic mass is 9.86. The van der Waals surface area contributed by atoms with Crippen LogP contribution in [0.25, 0.3) is 0 Å². The first kappa shape index (κ1) is 18.8. The fourth-order valence-corrected chi connectivity index (χ4v) is 2.45. The Morgan fingerprint density at radius 2 is 1.60 bits per heavy atom. The summed E-state index contributed by atoms with van der Waals surface area (Å²) in [7, 11) is 0. The molecule has 0 aromatic heterocycles. The lowest BCUT2D eigenvalue weighted by molar-refractivity contribution is -0.121. The highest BCUT2D eigenvalue weighted by molar-refractivity contribution is 5.98. The average Bonchev–Trinajstić information content (AvgIpc) is 2.58. The van der Waals surface area contributed by atoms with Gasteiger partial charge in [0, 0.05) is 30.5 Å². The normalized spacial score (nSPS) is 11.2. The topological polar surface area (TPSA) is 46.2 Å². The predicted octanol–water partition coefficient (Wildman–Crippen LogP) is 4.40. The molecule has 132 valence electrons. The van der Waals surface area contributed by atoms with Crippen LogP contribution in [0.4, 0.5) is 4.39 Å². The van der Waals surface area contributed by atoms with Gasteiger partial charge >= 0.3 is 0 Å². The average molecular weight is 341 g/mol. The summed E-state index contributed by atoms with van der Waals surface area (Å²) in [6, 6.07) is 13.8. The molecule has 0 fully saturated rings. The van der Waals surface area contributed by atoms with Crippen molar-refractivity contribution in [2.75, 3.05) is 0 Å². The van der Waals surface area contributed by atoms with E-state index in [0.29, 0.717) is 11.1 Å². The quantitative estimate of drug-likeness (QED) is 0.792. The van der Waals surface area contributed by atoms with E-state index in [1.807, 2.05) is 12.1 Å². The number of amides is 1. The zero-order valence-electron chi connectivity index (χ0n) is 14.9. The third-order valence-electron chi connectivity index (χ3n) is 4.09. The summed E-state index contributed by atoms with van der Waals surface area (Å²) in [5, 5.41) is 2.64. The molecule has 0 saturated carbocycles. The monoisotopic (exact) mass is 341 g/mol. The highest BCUT2D eigenvalue weighted by Gasteiger charge is 2.15. The molecule has 0 aliphatic heterocycles. The molecule has 0 aliphatic carbocycles. The van der Waals surface area contributed by atoms with Crippen LogP contribution in [0.5, 0.6) is 0 Å². The van der Waals surface area contributed by atoms with Gasteiger partial charge in [0.1, 0.15) is 5.82 Å². The van der Waals surface area contributed by atoms with E-state index in [-0.39, 0.29) is 42.3 Å². The Bertz CT molecular complexity index is 745.